The lowest BCUT2D eigenvalue weighted by atomic mass is 10.1. The van der Waals surface area contributed by atoms with Crippen LogP contribution in [0.3, 0.4) is 0 Å². The molecule has 0 bridgehead atoms. The highest BCUT2D eigenvalue weighted by Gasteiger charge is 2.26. The maximum Gasteiger partial charge on any atom is 0.277 e. The summed E-state index contributed by atoms with van der Waals surface area (Å²) in [4.78, 5) is 24.9. The highest BCUT2D eigenvalue weighted by Crippen LogP contribution is 2.35. The normalized spacial score (nSPS) is 14.3. The molecule has 0 fully saturated rings. The standard InChI is InChI=1S/C23H32N6O/c1-9-28(10-2)17-11-14(5)20(18(12-17)24-8)25-21-16(7)27-29-22(21)26-19(13(3)4)15(6)23(29)30/h11-13,24H,9-10H2,1-8H3. The topological polar surface area (TPSA) is 74.9 Å². The van der Waals surface area contributed by atoms with Crippen LogP contribution in [-0.4, -0.2) is 41.2 Å². The van der Waals surface area contributed by atoms with Gasteiger partial charge in [-0.05, 0) is 58.2 Å². The first-order valence-electron chi connectivity index (χ1n) is 10.6. The lowest BCUT2D eigenvalue weighted by molar-refractivity contribution is 0.729. The van der Waals surface area contributed by atoms with Crippen molar-refractivity contribution in [2.45, 2.75) is 54.4 Å². The number of hydrogen-bond donors (Lipinski definition) is 1. The number of nitrogens with zero attached hydrogens (tertiary/aromatic N) is 5. The summed E-state index contributed by atoms with van der Waals surface area (Å²) in [6, 6.07) is 4.28. The number of aryl methyl sites for hydroxylation is 1. The third kappa shape index (κ3) is 3.64. The van der Waals surface area contributed by atoms with Crippen LogP contribution in [0.1, 0.15) is 63.2 Å². The van der Waals surface area contributed by atoms with Crippen molar-refractivity contribution in [1.29, 1.82) is 0 Å². The Hall–Kier alpha value is -2.96. The van der Waals surface area contributed by atoms with Crippen molar-refractivity contribution >= 4 is 28.5 Å². The van der Waals surface area contributed by atoms with E-state index in [1.807, 2.05) is 34.7 Å². The van der Waals surface area contributed by atoms with Gasteiger partial charge in [-0.3, -0.25) is 4.79 Å². The van der Waals surface area contributed by atoms with Crippen LogP contribution < -0.4 is 15.8 Å². The minimum absolute atomic E-state index is 0.129. The summed E-state index contributed by atoms with van der Waals surface area (Å²) >= 11 is 0. The second-order valence-electron chi connectivity index (χ2n) is 7.94. The maximum atomic E-state index is 12.8. The monoisotopic (exact) mass is 408 g/mol. The molecular weight excluding hydrogens is 376 g/mol. The van der Waals surface area contributed by atoms with E-state index in [-0.39, 0.29) is 11.5 Å². The van der Waals surface area contributed by atoms with Crippen LogP contribution in [0.5, 0.6) is 0 Å². The van der Waals surface area contributed by atoms with Gasteiger partial charge in [0.15, 0.2) is 5.82 Å². The Bertz CT molecular complexity index is 1090. The smallest absolute Gasteiger partial charge is 0.277 e. The van der Waals surface area contributed by atoms with E-state index in [0.717, 1.165) is 41.4 Å². The molecule has 0 saturated carbocycles. The van der Waals surface area contributed by atoms with Crippen LogP contribution in [-0.2, 0) is 0 Å². The molecule has 1 N–H and O–H groups in total. The number of hydrogen-bond acceptors (Lipinski definition) is 6. The minimum Gasteiger partial charge on any atom is -0.386 e. The lowest BCUT2D eigenvalue weighted by Crippen LogP contribution is -2.26. The number of fused-ring (bicyclic) bond motifs is 1. The van der Waals surface area contributed by atoms with Gasteiger partial charge in [0.25, 0.3) is 5.56 Å². The van der Waals surface area contributed by atoms with Gasteiger partial charge < -0.3 is 10.2 Å². The van der Waals surface area contributed by atoms with Gasteiger partial charge >= 0.3 is 0 Å². The summed E-state index contributed by atoms with van der Waals surface area (Å²) in [5.74, 6) is 0.662. The van der Waals surface area contributed by atoms with Crippen LogP contribution in [0.15, 0.2) is 27.0 Å². The first-order valence-corrected chi connectivity index (χ1v) is 10.6. The molecular formula is C23H32N6O. The fourth-order valence-corrected chi connectivity index (χ4v) is 3.89. The molecule has 7 nitrogen and oxygen atoms in total. The zero-order valence-electron chi connectivity index (χ0n) is 19.3. The van der Waals surface area contributed by atoms with E-state index < -0.39 is 0 Å². The molecule has 3 rings (SSSR count). The molecule has 0 aliphatic carbocycles. The Morgan fingerprint density at radius 3 is 2.40 bits per heavy atom. The van der Waals surface area contributed by atoms with Crippen LogP contribution in [0.4, 0.5) is 17.1 Å². The molecule has 160 valence electrons. The minimum atomic E-state index is -0.129. The Labute approximate surface area is 178 Å². The highest BCUT2D eigenvalue weighted by molar-refractivity contribution is 6.48. The number of aliphatic imine (C=N–C) groups is 1. The average Bonchev–Trinajstić information content (AvgIpc) is 3.02. The Balaban J connectivity index is 2.20. The molecule has 1 aliphatic rings. The molecule has 0 saturated heterocycles. The molecule has 0 atom stereocenters. The average molecular weight is 409 g/mol. The molecule has 1 aromatic carbocycles. The molecule has 7 heteroatoms. The molecule has 0 spiro atoms. The summed E-state index contributed by atoms with van der Waals surface area (Å²) in [6.07, 6.45) is 0. The number of aromatic nitrogens is 2. The van der Waals surface area contributed by atoms with E-state index in [1.54, 1.807) is 0 Å². The zero-order chi connectivity index (χ0) is 22.2. The van der Waals surface area contributed by atoms with Gasteiger partial charge in [0.1, 0.15) is 5.71 Å². The van der Waals surface area contributed by atoms with Gasteiger partial charge in [-0.25, -0.2) is 9.98 Å². The van der Waals surface area contributed by atoms with Crippen molar-refractivity contribution in [3.63, 3.8) is 0 Å². The number of anilines is 2. The quantitative estimate of drug-likeness (QED) is 0.776. The van der Waals surface area contributed by atoms with Crippen molar-refractivity contribution < 1.29 is 0 Å². The molecule has 1 aliphatic heterocycles. The van der Waals surface area contributed by atoms with Gasteiger partial charge in [0.05, 0.1) is 22.8 Å². The van der Waals surface area contributed by atoms with E-state index in [2.05, 4.69) is 48.2 Å². The predicted octanol–water partition coefficient (Wildman–Crippen LogP) is 4.23. The number of benzene rings is 1. The second-order valence-corrected chi connectivity index (χ2v) is 7.94. The number of rotatable bonds is 6. The van der Waals surface area contributed by atoms with Crippen molar-refractivity contribution in [1.82, 2.24) is 9.66 Å². The second kappa shape index (κ2) is 8.42. The number of nitrogens with one attached hydrogen (secondary N) is 1. The Kier molecular flexibility index (Phi) is 6.10. The Morgan fingerprint density at radius 2 is 1.83 bits per heavy atom. The van der Waals surface area contributed by atoms with E-state index in [4.69, 9.17) is 9.98 Å². The molecule has 1 aromatic heterocycles. The largest absolute Gasteiger partial charge is 0.386 e. The zero-order valence-corrected chi connectivity index (χ0v) is 19.3. The predicted molar refractivity (Wildman–Crippen MR) is 126 cm³/mol. The van der Waals surface area contributed by atoms with Gasteiger partial charge in [0.2, 0.25) is 0 Å². The van der Waals surface area contributed by atoms with Crippen molar-refractivity contribution in [3.8, 4) is 0 Å². The first-order chi connectivity index (χ1) is 14.2. The maximum absolute atomic E-state index is 12.8. The van der Waals surface area contributed by atoms with Gasteiger partial charge in [0, 0.05) is 31.4 Å². The van der Waals surface area contributed by atoms with Crippen molar-refractivity contribution in [2.75, 3.05) is 30.4 Å². The summed E-state index contributed by atoms with van der Waals surface area (Å²) in [7, 11) is 1.90. The summed E-state index contributed by atoms with van der Waals surface area (Å²) in [6.45, 7) is 16.0. The van der Waals surface area contributed by atoms with Crippen LogP contribution in [0.2, 0.25) is 0 Å². The van der Waals surface area contributed by atoms with Crippen LogP contribution in [0, 0.1) is 13.8 Å². The fraction of sp³-hybridized carbons (Fsp3) is 0.478. The molecule has 2 aromatic rings. The third-order valence-electron chi connectivity index (χ3n) is 5.58. The van der Waals surface area contributed by atoms with Crippen molar-refractivity contribution in [2.24, 2.45) is 10.1 Å². The van der Waals surface area contributed by atoms with E-state index in [1.165, 1.54) is 4.68 Å². The van der Waals surface area contributed by atoms with Gasteiger partial charge in [-0.2, -0.15) is 9.78 Å². The van der Waals surface area contributed by atoms with Crippen molar-refractivity contribution in [3.05, 3.63) is 45.1 Å². The summed E-state index contributed by atoms with van der Waals surface area (Å²) in [5, 5.41) is 7.73. The van der Waals surface area contributed by atoms with E-state index in [9.17, 15) is 4.79 Å². The SMILES string of the molecule is CCN(CC)c1cc(C)c(N=C2C(C)=Nn3c2nc(C(C)C)c(C)c3=O)c(NC)c1. The highest BCUT2D eigenvalue weighted by atomic mass is 16.1. The van der Waals surface area contributed by atoms with Gasteiger partial charge in [-0.15, -0.1) is 0 Å². The van der Waals surface area contributed by atoms with E-state index >= 15 is 0 Å². The summed E-state index contributed by atoms with van der Waals surface area (Å²) in [5.41, 5.74) is 6.64. The van der Waals surface area contributed by atoms with E-state index in [0.29, 0.717) is 22.8 Å². The molecule has 30 heavy (non-hydrogen) atoms. The molecule has 0 amide bonds. The third-order valence-corrected chi connectivity index (χ3v) is 5.58. The fourth-order valence-electron chi connectivity index (χ4n) is 3.89. The van der Waals surface area contributed by atoms with Crippen LogP contribution >= 0.6 is 0 Å². The molecule has 2 heterocycles. The Morgan fingerprint density at radius 1 is 1.17 bits per heavy atom. The lowest BCUT2D eigenvalue weighted by Gasteiger charge is -2.23. The molecule has 0 unspecified atom stereocenters. The first kappa shape index (κ1) is 21.7. The van der Waals surface area contributed by atoms with Crippen LogP contribution in [0.25, 0.3) is 0 Å². The van der Waals surface area contributed by atoms with Gasteiger partial charge in [-0.1, -0.05) is 13.8 Å². The molecule has 0 radical (unpaired) electrons. The summed E-state index contributed by atoms with van der Waals surface area (Å²) < 4.78 is 1.38.